The predicted octanol–water partition coefficient (Wildman–Crippen LogP) is -0.0152. The number of aliphatic hydroxyl groups is 1. The van der Waals surface area contributed by atoms with E-state index in [0.29, 0.717) is 20.1 Å². The van der Waals surface area contributed by atoms with Crippen LogP contribution in [0.3, 0.4) is 0 Å². The number of hydrogen-bond donors (Lipinski definition) is 1. The van der Waals surface area contributed by atoms with Crippen molar-refractivity contribution in [3.63, 3.8) is 0 Å². The summed E-state index contributed by atoms with van der Waals surface area (Å²) in [5.41, 5.74) is -3.10. The van der Waals surface area contributed by atoms with Crippen molar-refractivity contribution in [1.82, 2.24) is 18.7 Å². The van der Waals surface area contributed by atoms with E-state index in [-0.39, 0.29) is 19.4 Å². The lowest BCUT2D eigenvalue weighted by Crippen LogP contribution is -2.39. The molecule has 7 nitrogen and oxygen atoms in total. The second-order valence-electron chi connectivity index (χ2n) is 4.55. The summed E-state index contributed by atoms with van der Waals surface area (Å²) < 4.78 is 54.0. The smallest absolute Gasteiger partial charge is 0.332 e. The molecule has 1 atom stereocenters. The van der Waals surface area contributed by atoms with Crippen molar-refractivity contribution in [2.45, 2.75) is 38.8 Å². The molecule has 7 heteroatoms. The molecule has 0 aliphatic rings. The molecule has 0 amide bonds. The minimum Gasteiger partial charge on any atom is -0.393 e. The largest absolute Gasteiger partial charge is 0.393 e. The SMILES string of the molecule is [2H]C(C)(O)CCCCn1c(=O)c2c(ncn2C([2H])([2H])[2H])n(C([2H])([2H])[2H])c1=O. The summed E-state index contributed by atoms with van der Waals surface area (Å²) in [4.78, 5) is 29.0. The van der Waals surface area contributed by atoms with Gasteiger partial charge < -0.3 is 9.67 Å². The lowest BCUT2D eigenvalue weighted by Gasteiger charge is -2.09. The molecule has 0 saturated carbocycles. The number of aryl methyl sites for hydroxylation is 2. The highest BCUT2D eigenvalue weighted by molar-refractivity contribution is 5.69. The molecule has 2 aromatic heterocycles. The zero-order chi connectivity index (χ0) is 20.8. The summed E-state index contributed by atoms with van der Waals surface area (Å²) in [6.45, 7) is -4.65. The third kappa shape index (κ3) is 2.53. The summed E-state index contributed by atoms with van der Waals surface area (Å²) in [6.07, 6.45) is -0.258. The van der Waals surface area contributed by atoms with Crippen LogP contribution in [0.1, 0.15) is 35.8 Å². The van der Waals surface area contributed by atoms with Gasteiger partial charge in [-0.2, -0.15) is 0 Å². The van der Waals surface area contributed by atoms with E-state index < -0.39 is 42.4 Å². The third-order valence-corrected chi connectivity index (χ3v) is 3.00. The van der Waals surface area contributed by atoms with Gasteiger partial charge in [0.15, 0.2) is 11.2 Å². The maximum absolute atomic E-state index is 12.7. The van der Waals surface area contributed by atoms with Gasteiger partial charge in [-0.3, -0.25) is 13.9 Å². The van der Waals surface area contributed by atoms with Crippen LogP contribution in [0, 0.1) is 0 Å². The van der Waals surface area contributed by atoms with Crippen LogP contribution in [-0.4, -0.2) is 29.9 Å². The van der Waals surface area contributed by atoms with E-state index >= 15 is 0 Å². The zero-order valence-corrected chi connectivity index (χ0v) is 11.0. The maximum Gasteiger partial charge on any atom is 0.332 e. The van der Waals surface area contributed by atoms with Gasteiger partial charge in [-0.1, -0.05) is 0 Å². The van der Waals surface area contributed by atoms with Gasteiger partial charge in [0.1, 0.15) is 0 Å². The first-order chi connectivity index (χ1) is 12.1. The van der Waals surface area contributed by atoms with E-state index in [4.69, 9.17) is 9.60 Å². The van der Waals surface area contributed by atoms with Crippen molar-refractivity contribution in [2.24, 2.45) is 14.0 Å². The van der Waals surface area contributed by atoms with Gasteiger partial charge in [-0.05, 0) is 26.2 Å². The van der Waals surface area contributed by atoms with E-state index in [0.717, 1.165) is 6.33 Å². The molecule has 110 valence electrons. The molecule has 0 aliphatic heterocycles. The predicted molar refractivity (Wildman–Crippen MR) is 75.7 cm³/mol. The highest BCUT2D eigenvalue weighted by atomic mass is 16.3. The van der Waals surface area contributed by atoms with Gasteiger partial charge in [0.05, 0.1) is 13.8 Å². The van der Waals surface area contributed by atoms with Crippen LogP contribution in [0.5, 0.6) is 0 Å². The fourth-order valence-electron chi connectivity index (χ4n) is 1.98. The van der Waals surface area contributed by atoms with Crippen molar-refractivity contribution >= 4 is 11.2 Å². The average Bonchev–Trinajstić information content (AvgIpc) is 2.88. The van der Waals surface area contributed by atoms with Crippen LogP contribution in [0.4, 0.5) is 0 Å². The van der Waals surface area contributed by atoms with Crippen molar-refractivity contribution in [3.8, 4) is 0 Å². The number of aromatic nitrogens is 4. The Morgan fingerprint density at radius 1 is 1.45 bits per heavy atom. The van der Waals surface area contributed by atoms with E-state index in [9.17, 15) is 14.7 Å². The van der Waals surface area contributed by atoms with Crippen LogP contribution in [0.25, 0.3) is 11.2 Å². The summed E-state index contributed by atoms with van der Waals surface area (Å²) >= 11 is 0. The van der Waals surface area contributed by atoms with Gasteiger partial charge in [0.2, 0.25) is 0 Å². The van der Waals surface area contributed by atoms with Crippen LogP contribution < -0.4 is 11.2 Å². The lowest BCUT2D eigenvalue weighted by molar-refractivity contribution is 0.180. The van der Waals surface area contributed by atoms with Gasteiger partial charge >= 0.3 is 5.69 Å². The fourth-order valence-corrected chi connectivity index (χ4v) is 1.98. The highest BCUT2D eigenvalue weighted by Crippen LogP contribution is 2.04. The summed E-state index contributed by atoms with van der Waals surface area (Å²) in [6, 6.07) is 0. The average molecular weight is 287 g/mol. The zero-order valence-electron chi connectivity index (χ0n) is 18.0. The van der Waals surface area contributed by atoms with Crippen molar-refractivity contribution < 1.29 is 14.7 Å². The van der Waals surface area contributed by atoms with E-state index in [1.54, 1.807) is 0 Å². The van der Waals surface area contributed by atoms with Gasteiger partial charge in [-0.25, -0.2) is 9.78 Å². The van der Waals surface area contributed by atoms with Gasteiger partial charge in [-0.15, -0.1) is 0 Å². The van der Waals surface area contributed by atoms with E-state index in [1.807, 2.05) is 0 Å². The Morgan fingerprint density at radius 2 is 2.25 bits per heavy atom. The van der Waals surface area contributed by atoms with Crippen molar-refractivity contribution in [2.75, 3.05) is 0 Å². The number of fused-ring (bicyclic) bond motifs is 1. The van der Waals surface area contributed by atoms with Crippen LogP contribution in [-0.2, 0) is 20.5 Å². The van der Waals surface area contributed by atoms with Crippen molar-refractivity contribution in [3.05, 3.63) is 27.2 Å². The molecule has 0 aromatic carbocycles. The third-order valence-electron chi connectivity index (χ3n) is 3.00. The van der Waals surface area contributed by atoms with Crippen molar-refractivity contribution in [1.29, 1.82) is 0 Å². The van der Waals surface area contributed by atoms with Gasteiger partial charge in [0.25, 0.3) is 5.56 Å². The summed E-state index contributed by atoms with van der Waals surface area (Å²) in [5.74, 6) is 0. The Bertz CT molecular complexity index is 947. The standard InChI is InChI=1S/C13H20N4O3/c1-9(18)6-4-5-7-17-12(19)10-11(14-8-15(10)2)16(3)13(17)20/h8-9,18H,4-7H2,1-3H3/i2D3,3D3,9D. The first-order valence-corrected chi connectivity index (χ1v) is 6.11. The first-order valence-electron chi connectivity index (χ1n) is 9.61. The summed E-state index contributed by atoms with van der Waals surface area (Å²) in [7, 11) is 0. The topological polar surface area (TPSA) is 82.1 Å². The molecule has 2 aromatic rings. The number of imidazole rings is 1. The lowest BCUT2D eigenvalue weighted by atomic mass is 10.2. The molecule has 2 rings (SSSR count). The molecule has 0 radical (unpaired) electrons. The number of hydrogen-bond acceptors (Lipinski definition) is 4. The quantitative estimate of drug-likeness (QED) is 0.784. The number of nitrogens with zero attached hydrogens (tertiary/aromatic N) is 4. The minimum atomic E-state index is -2.97. The maximum atomic E-state index is 12.7. The molecule has 0 saturated heterocycles. The number of rotatable bonds is 5. The Hall–Kier alpha value is -1.89. The molecule has 1 unspecified atom stereocenters. The molecule has 0 bridgehead atoms. The van der Waals surface area contributed by atoms with E-state index in [1.165, 1.54) is 6.92 Å². The second kappa shape index (κ2) is 5.62. The second-order valence-corrected chi connectivity index (χ2v) is 4.55. The van der Waals surface area contributed by atoms with Crippen LogP contribution in [0.15, 0.2) is 15.9 Å². The van der Waals surface area contributed by atoms with Crippen LogP contribution >= 0.6 is 0 Å². The Balaban J connectivity index is 2.63. The molecule has 1 N–H and O–H groups in total. The molecular formula is C13H20N4O3. The monoisotopic (exact) mass is 287 g/mol. The molecule has 20 heavy (non-hydrogen) atoms. The van der Waals surface area contributed by atoms with Gasteiger partial charge in [0, 0.05) is 28.7 Å². The number of unbranched alkanes of at least 4 members (excludes halogenated alkanes) is 1. The van der Waals surface area contributed by atoms with E-state index in [2.05, 4.69) is 4.98 Å². The molecule has 2 heterocycles. The highest BCUT2D eigenvalue weighted by Gasteiger charge is 2.14. The van der Waals surface area contributed by atoms with Crippen LogP contribution in [0.2, 0.25) is 0 Å². The normalized spacial score (nSPS) is 21.0. The fraction of sp³-hybridized carbons (Fsp3) is 0.615. The Labute approximate surface area is 125 Å². The Morgan fingerprint density at radius 3 is 2.90 bits per heavy atom. The molecular weight excluding hydrogens is 260 g/mol. The minimum absolute atomic E-state index is 0.0880. The Kier molecular flexibility index (Phi) is 2.19. The molecule has 0 spiro atoms. The summed E-state index contributed by atoms with van der Waals surface area (Å²) in [5, 5.41) is 9.40. The molecule has 0 fully saturated rings. The molecule has 0 aliphatic carbocycles. The first kappa shape index (κ1) is 7.78.